The number of nitrogens with zero attached hydrogens (tertiary/aromatic N) is 1. The molecule has 2 bridgehead atoms. The minimum atomic E-state index is -0.391. The van der Waals surface area contributed by atoms with Gasteiger partial charge in [-0.1, -0.05) is 37.5 Å². The predicted octanol–water partition coefficient (Wildman–Crippen LogP) is 4.11. The highest BCUT2D eigenvalue weighted by Crippen LogP contribution is 2.46. The van der Waals surface area contributed by atoms with Crippen molar-refractivity contribution >= 4 is 5.97 Å². The van der Waals surface area contributed by atoms with E-state index in [4.69, 9.17) is 4.74 Å². The summed E-state index contributed by atoms with van der Waals surface area (Å²) in [6.45, 7) is 0. The van der Waals surface area contributed by atoms with Crippen LogP contribution in [0, 0.1) is 0 Å². The maximum atomic E-state index is 12.6. The Bertz CT molecular complexity index is 643. The molecular weight excluding hydrogens is 314 g/mol. The number of phenolic OH excluding ortho intramolecular Hbond substituents is 1. The second kappa shape index (κ2) is 6.64. The van der Waals surface area contributed by atoms with E-state index < -0.39 is 5.72 Å². The monoisotopic (exact) mass is 343 g/mol. The lowest BCUT2D eigenvalue weighted by molar-refractivity contribution is -0.172. The molecule has 0 spiro atoms. The average molecular weight is 343 g/mol. The Morgan fingerprint density at radius 2 is 1.92 bits per heavy atom. The zero-order valence-electron chi connectivity index (χ0n) is 15.2. The number of para-hydroxylation sites is 1. The van der Waals surface area contributed by atoms with Gasteiger partial charge in [0.1, 0.15) is 5.75 Å². The van der Waals surface area contributed by atoms with Gasteiger partial charge in [0.2, 0.25) is 0 Å². The zero-order chi connectivity index (χ0) is 17.4. The second-order valence-corrected chi connectivity index (χ2v) is 8.13. The molecule has 0 amide bonds. The van der Waals surface area contributed by atoms with Gasteiger partial charge in [0.05, 0.1) is 6.42 Å². The first kappa shape index (κ1) is 16.9. The smallest absolute Gasteiger partial charge is 0.312 e. The number of aromatic hydroxyl groups is 1. The minimum absolute atomic E-state index is 0.159. The molecule has 4 rings (SSSR count). The van der Waals surface area contributed by atoms with Crippen LogP contribution in [0.1, 0.15) is 74.8 Å². The number of carbonyl (C=O) groups excluding carboxylic acids is 1. The molecule has 4 nitrogen and oxygen atoms in total. The fraction of sp³-hybridized carbons (Fsp3) is 0.667. The van der Waals surface area contributed by atoms with Gasteiger partial charge in [-0.05, 0) is 44.2 Å². The van der Waals surface area contributed by atoms with Crippen molar-refractivity contribution in [2.24, 2.45) is 0 Å². The van der Waals surface area contributed by atoms with Gasteiger partial charge in [-0.3, -0.25) is 9.69 Å². The summed E-state index contributed by atoms with van der Waals surface area (Å²) in [7, 11) is 2.07. The van der Waals surface area contributed by atoms with Crippen molar-refractivity contribution in [3.8, 4) is 5.75 Å². The molecule has 1 aromatic carbocycles. The Morgan fingerprint density at radius 1 is 1.20 bits per heavy atom. The van der Waals surface area contributed by atoms with E-state index in [-0.39, 0.29) is 12.4 Å². The van der Waals surface area contributed by atoms with E-state index in [0.29, 0.717) is 23.3 Å². The van der Waals surface area contributed by atoms with Crippen LogP contribution in [0.3, 0.4) is 0 Å². The van der Waals surface area contributed by atoms with E-state index in [9.17, 15) is 9.90 Å². The standard InChI is InChI=1S/C21H29NO3/c1-22-17-10-12-21(22,13-11-17)25-19(23)14-16-8-5-9-18(20(16)24)15-6-3-2-4-7-15/h5,8-9,15,17,24H,2-4,6-7,10-14H2,1H3. The molecule has 3 fully saturated rings. The average Bonchev–Trinajstić information content (AvgIpc) is 3.09. The summed E-state index contributed by atoms with van der Waals surface area (Å²) >= 11 is 0. The normalized spacial score (nSPS) is 29.9. The molecule has 0 aromatic heterocycles. The number of hydrogen-bond donors (Lipinski definition) is 1. The fourth-order valence-electron chi connectivity index (χ4n) is 5.20. The SMILES string of the molecule is CN1C2CCC1(OC(=O)Cc1cccc(C3CCCCC3)c1O)CC2. The number of hydrogen-bond acceptors (Lipinski definition) is 4. The van der Waals surface area contributed by atoms with Crippen LogP contribution in [0.15, 0.2) is 18.2 Å². The predicted molar refractivity (Wildman–Crippen MR) is 96.5 cm³/mol. The molecule has 2 saturated heterocycles. The van der Waals surface area contributed by atoms with E-state index >= 15 is 0 Å². The molecule has 1 N–H and O–H groups in total. The highest BCUT2D eigenvalue weighted by molar-refractivity contribution is 5.74. The number of benzene rings is 1. The van der Waals surface area contributed by atoms with Crippen molar-refractivity contribution in [3.05, 3.63) is 29.3 Å². The summed E-state index contributed by atoms with van der Waals surface area (Å²) in [6, 6.07) is 6.41. The van der Waals surface area contributed by atoms with Gasteiger partial charge in [-0.2, -0.15) is 0 Å². The molecule has 3 aliphatic rings. The van der Waals surface area contributed by atoms with Gasteiger partial charge in [-0.15, -0.1) is 0 Å². The van der Waals surface area contributed by atoms with E-state index in [1.807, 2.05) is 18.2 Å². The lowest BCUT2D eigenvalue weighted by atomic mass is 9.83. The summed E-state index contributed by atoms with van der Waals surface area (Å²) in [5.41, 5.74) is 1.33. The molecule has 136 valence electrons. The molecule has 1 aromatic rings. The number of rotatable bonds is 4. The molecule has 1 saturated carbocycles. The molecule has 0 atom stereocenters. The van der Waals surface area contributed by atoms with Gasteiger partial charge in [0.15, 0.2) is 5.72 Å². The number of fused-ring (bicyclic) bond motifs is 2. The van der Waals surface area contributed by atoms with Crippen LogP contribution in [0.4, 0.5) is 0 Å². The van der Waals surface area contributed by atoms with Gasteiger partial charge in [0.25, 0.3) is 0 Å². The summed E-state index contributed by atoms with van der Waals surface area (Å²) < 4.78 is 5.92. The van der Waals surface area contributed by atoms with Gasteiger partial charge < -0.3 is 9.84 Å². The lowest BCUT2D eigenvalue weighted by Gasteiger charge is -2.31. The first-order valence-corrected chi connectivity index (χ1v) is 9.84. The number of carbonyl (C=O) groups is 1. The molecule has 4 heteroatoms. The maximum absolute atomic E-state index is 12.6. The lowest BCUT2D eigenvalue weighted by Crippen LogP contribution is -2.42. The van der Waals surface area contributed by atoms with Crippen LogP contribution in [0.2, 0.25) is 0 Å². The second-order valence-electron chi connectivity index (χ2n) is 8.13. The third-order valence-corrected chi connectivity index (χ3v) is 6.76. The minimum Gasteiger partial charge on any atom is -0.507 e. The molecule has 25 heavy (non-hydrogen) atoms. The summed E-state index contributed by atoms with van der Waals surface area (Å²) in [5.74, 6) is 0.526. The number of phenols is 1. The third kappa shape index (κ3) is 3.05. The van der Waals surface area contributed by atoms with Crippen molar-refractivity contribution in [1.29, 1.82) is 0 Å². The van der Waals surface area contributed by atoms with Crippen LogP contribution in [0.25, 0.3) is 0 Å². The highest BCUT2D eigenvalue weighted by atomic mass is 16.6. The van der Waals surface area contributed by atoms with Crippen molar-refractivity contribution < 1.29 is 14.6 Å². The molecule has 0 unspecified atom stereocenters. The first-order valence-electron chi connectivity index (χ1n) is 9.84. The van der Waals surface area contributed by atoms with Crippen LogP contribution in [-0.4, -0.2) is 34.8 Å². The van der Waals surface area contributed by atoms with E-state index in [2.05, 4.69) is 11.9 Å². The van der Waals surface area contributed by atoms with Gasteiger partial charge in [0, 0.05) is 24.4 Å². The topological polar surface area (TPSA) is 49.8 Å². The zero-order valence-corrected chi connectivity index (χ0v) is 15.2. The fourth-order valence-corrected chi connectivity index (χ4v) is 5.20. The third-order valence-electron chi connectivity index (χ3n) is 6.76. The van der Waals surface area contributed by atoms with Crippen LogP contribution in [0.5, 0.6) is 5.75 Å². The van der Waals surface area contributed by atoms with E-state index in [1.54, 1.807) is 0 Å². The largest absolute Gasteiger partial charge is 0.507 e. The van der Waals surface area contributed by atoms with E-state index in [1.165, 1.54) is 19.3 Å². The Balaban J connectivity index is 1.46. The molecular formula is C21H29NO3. The summed E-state index contributed by atoms with van der Waals surface area (Å²) in [5, 5.41) is 10.7. The van der Waals surface area contributed by atoms with Crippen LogP contribution < -0.4 is 0 Å². The number of esters is 1. The Morgan fingerprint density at radius 3 is 2.56 bits per heavy atom. The Hall–Kier alpha value is -1.55. The van der Waals surface area contributed by atoms with Crippen molar-refractivity contribution in [1.82, 2.24) is 4.90 Å². The molecule has 2 heterocycles. The van der Waals surface area contributed by atoms with Crippen LogP contribution >= 0.6 is 0 Å². The quantitative estimate of drug-likeness (QED) is 0.836. The highest BCUT2D eigenvalue weighted by Gasteiger charge is 2.52. The summed E-state index contributed by atoms with van der Waals surface area (Å²) in [6.07, 6.45) is 10.3. The Kier molecular flexibility index (Phi) is 4.48. The molecule has 0 radical (unpaired) electrons. The molecule has 1 aliphatic carbocycles. The van der Waals surface area contributed by atoms with Crippen LogP contribution in [-0.2, 0) is 16.0 Å². The first-order chi connectivity index (χ1) is 12.1. The maximum Gasteiger partial charge on any atom is 0.312 e. The van der Waals surface area contributed by atoms with E-state index in [0.717, 1.165) is 44.1 Å². The van der Waals surface area contributed by atoms with Crippen molar-refractivity contribution in [2.45, 2.75) is 81.9 Å². The number of ether oxygens (including phenoxy) is 1. The van der Waals surface area contributed by atoms with Crippen molar-refractivity contribution in [3.63, 3.8) is 0 Å². The molecule has 2 aliphatic heterocycles. The Labute approximate surface area is 150 Å². The van der Waals surface area contributed by atoms with Gasteiger partial charge in [-0.25, -0.2) is 0 Å². The van der Waals surface area contributed by atoms with Crippen molar-refractivity contribution in [2.75, 3.05) is 7.05 Å². The summed E-state index contributed by atoms with van der Waals surface area (Å²) in [4.78, 5) is 14.8. The van der Waals surface area contributed by atoms with Gasteiger partial charge >= 0.3 is 5.97 Å².